The van der Waals surface area contributed by atoms with Gasteiger partial charge in [-0.25, -0.2) is 8.78 Å². The minimum absolute atomic E-state index is 1.37. The molecule has 0 rings (SSSR count). The molecule has 0 aliphatic carbocycles. The number of hydrogen-bond donors (Lipinski definition) is 0. The Kier molecular flexibility index (Phi) is 3.58. The van der Waals surface area contributed by atoms with Crippen LogP contribution in [-0.4, -0.2) is 23.9 Å². The third-order valence-corrected chi connectivity index (χ3v) is 1.52. The van der Waals surface area contributed by atoms with Crippen molar-refractivity contribution in [3.8, 4) is 0 Å². The molecule has 0 nitrogen and oxygen atoms in total. The van der Waals surface area contributed by atoms with E-state index in [9.17, 15) is 43.9 Å². The Morgan fingerprint density at radius 2 is 1.00 bits per heavy atom. The molecular weight excluding hydrogens is 262 g/mol. The van der Waals surface area contributed by atoms with Gasteiger partial charge in [-0.15, -0.1) is 0 Å². The molecular formula is C6H2F10. The Morgan fingerprint density at radius 3 is 1.19 bits per heavy atom. The fourth-order valence-corrected chi connectivity index (χ4v) is 0.670. The van der Waals surface area contributed by atoms with E-state index in [4.69, 9.17) is 0 Å². The van der Waals surface area contributed by atoms with Crippen molar-refractivity contribution in [3.05, 3.63) is 12.4 Å². The molecule has 0 aromatic carbocycles. The van der Waals surface area contributed by atoms with Gasteiger partial charge in [-0.3, -0.25) is 0 Å². The van der Waals surface area contributed by atoms with Gasteiger partial charge in [0.1, 0.15) is 0 Å². The van der Waals surface area contributed by atoms with E-state index in [0.717, 1.165) is 0 Å². The normalized spacial score (nSPS) is 18.9. The van der Waals surface area contributed by atoms with Crippen LogP contribution < -0.4 is 0 Å². The zero-order valence-electron chi connectivity index (χ0n) is 6.93. The van der Waals surface area contributed by atoms with Crippen molar-refractivity contribution < 1.29 is 43.9 Å². The standard InChI is InChI=1S/C6H2F10/c7-2-1-3(8,5(11,12)13)4(9,10)6(14,15)16/h1-2H. The summed E-state index contributed by atoms with van der Waals surface area (Å²) >= 11 is 0. The van der Waals surface area contributed by atoms with Crippen LogP contribution in [0.25, 0.3) is 0 Å². The summed E-state index contributed by atoms with van der Waals surface area (Å²) in [5.74, 6) is -6.79. The molecule has 16 heavy (non-hydrogen) atoms. The average molecular weight is 264 g/mol. The smallest absolute Gasteiger partial charge is 0.222 e. The predicted molar refractivity (Wildman–Crippen MR) is 31.1 cm³/mol. The number of rotatable bonds is 2. The summed E-state index contributed by atoms with van der Waals surface area (Å²) in [6, 6.07) is 0. The lowest BCUT2D eigenvalue weighted by molar-refractivity contribution is -0.369. The third kappa shape index (κ3) is 2.09. The van der Waals surface area contributed by atoms with E-state index in [1.165, 1.54) is 0 Å². The first kappa shape index (κ1) is 15.0. The quantitative estimate of drug-likeness (QED) is 0.663. The summed E-state index contributed by atoms with van der Waals surface area (Å²) in [6.07, 6.45) is -16.3. The molecule has 0 saturated carbocycles. The molecule has 0 saturated heterocycles. The van der Waals surface area contributed by atoms with Crippen molar-refractivity contribution in [3.63, 3.8) is 0 Å². The lowest BCUT2D eigenvalue weighted by Gasteiger charge is -2.33. The number of alkyl halides is 9. The van der Waals surface area contributed by atoms with Gasteiger partial charge in [-0.1, -0.05) is 0 Å². The fraction of sp³-hybridized carbons (Fsp3) is 0.667. The predicted octanol–water partition coefficient (Wildman–Crippen LogP) is 3.94. The number of halogens is 10. The van der Waals surface area contributed by atoms with Crippen LogP contribution in [0.15, 0.2) is 12.4 Å². The topological polar surface area (TPSA) is 0 Å². The minimum Gasteiger partial charge on any atom is -0.222 e. The first-order valence-corrected chi connectivity index (χ1v) is 3.29. The first-order chi connectivity index (χ1) is 6.81. The van der Waals surface area contributed by atoms with E-state index in [1.54, 1.807) is 0 Å². The van der Waals surface area contributed by atoms with E-state index in [0.29, 0.717) is 0 Å². The summed E-state index contributed by atoms with van der Waals surface area (Å²) < 4.78 is 118. The van der Waals surface area contributed by atoms with Crippen LogP contribution in [0.3, 0.4) is 0 Å². The van der Waals surface area contributed by atoms with Crippen LogP contribution in [0.4, 0.5) is 43.9 Å². The van der Waals surface area contributed by atoms with E-state index >= 15 is 0 Å². The van der Waals surface area contributed by atoms with Gasteiger partial charge in [0.2, 0.25) is 0 Å². The molecule has 0 spiro atoms. The van der Waals surface area contributed by atoms with Gasteiger partial charge in [-0.05, 0) is 6.08 Å². The molecule has 0 bridgehead atoms. The molecule has 0 fully saturated rings. The van der Waals surface area contributed by atoms with Gasteiger partial charge in [0.25, 0.3) is 5.67 Å². The van der Waals surface area contributed by atoms with E-state index < -0.39 is 36.3 Å². The Hall–Kier alpha value is -0.960. The molecule has 0 N–H and O–H groups in total. The SMILES string of the molecule is FC=CC(F)(C(F)(F)F)C(F)(F)C(F)(F)F. The number of hydrogen-bond acceptors (Lipinski definition) is 0. The summed E-state index contributed by atoms with van der Waals surface area (Å²) in [5, 5.41) is 0. The lowest BCUT2D eigenvalue weighted by Crippen LogP contribution is -2.60. The molecule has 0 amide bonds. The van der Waals surface area contributed by atoms with E-state index in [-0.39, 0.29) is 0 Å². The van der Waals surface area contributed by atoms with Crippen LogP contribution in [0, 0.1) is 0 Å². The average Bonchev–Trinajstić information content (AvgIpc) is 1.99. The highest BCUT2D eigenvalue weighted by Gasteiger charge is 2.80. The van der Waals surface area contributed by atoms with Crippen LogP contribution in [0.5, 0.6) is 0 Å². The van der Waals surface area contributed by atoms with Gasteiger partial charge >= 0.3 is 18.3 Å². The summed E-state index contributed by atoms with van der Waals surface area (Å²) in [6.45, 7) is 0. The van der Waals surface area contributed by atoms with Crippen molar-refractivity contribution in [2.45, 2.75) is 23.9 Å². The largest absolute Gasteiger partial charge is 0.457 e. The second-order valence-electron chi connectivity index (χ2n) is 2.57. The zero-order chi connectivity index (χ0) is 13.4. The summed E-state index contributed by atoms with van der Waals surface area (Å²) in [4.78, 5) is 0. The Morgan fingerprint density at radius 1 is 0.625 bits per heavy atom. The maximum Gasteiger partial charge on any atom is 0.457 e. The molecule has 10 heteroatoms. The minimum atomic E-state index is -6.81. The maximum absolute atomic E-state index is 12.7. The van der Waals surface area contributed by atoms with Crippen molar-refractivity contribution in [1.29, 1.82) is 0 Å². The first-order valence-electron chi connectivity index (χ1n) is 3.29. The highest BCUT2D eigenvalue weighted by molar-refractivity contribution is 5.14. The van der Waals surface area contributed by atoms with Gasteiger partial charge in [0.05, 0.1) is 6.33 Å². The van der Waals surface area contributed by atoms with Crippen LogP contribution in [-0.2, 0) is 0 Å². The lowest BCUT2D eigenvalue weighted by atomic mass is 9.96. The highest BCUT2D eigenvalue weighted by atomic mass is 19.4. The molecule has 0 aliphatic heterocycles. The summed E-state index contributed by atoms with van der Waals surface area (Å²) in [5.41, 5.74) is -6.15. The maximum atomic E-state index is 12.7. The zero-order valence-corrected chi connectivity index (χ0v) is 6.93. The molecule has 0 radical (unpaired) electrons. The van der Waals surface area contributed by atoms with Crippen molar-refractivity contribution in [2.75, 3.05) is 0 Å². The van der Waals surface area contributed by atoms with Crippen LogP contribution >= 0.6 is 0 Å². The molecule has 96 valence electrons. The fourth-order valence-electron chi connectivity index (χ4n) is 0.670. The molecule has 0 aromatic heterocycles. The van der Waals surface area contributed by atoms with Crippen molar-refractivity contribution in [1.82, 2.24) is 0 Å². The summed E-state index contributed by atoms with van der Waals surface area (Å²) in [7, 11) is 0. The van der Waals surface area contributed by atoms with Crippen LogP contribution in [0.1, 0.15) is 0 Å². The monoisotopic (exact) mass is 264 g/mol. The van der Waals surface area contributed by atoms with Gasteiger partial charge in [-0.2, -0.15) is 35.1 Å². The Bertz CT molecular complexity index is 270. The highest BCUT2D eigenvalue weighted by Crippen LogP contribution is 2.53. The molecule has 0 aromatic rings. The van der Waals surface area contributed by atoms with Gasteiger partial charge in [0.15, 0.2) is 0 Å². The van der Waals surface area contributed by atoms with Crippen molar-refractivity contribution in [2.24, 2.45) is 0 Å². The second kappa shape index (κ2) is 3.81. The second-order valence-corrected chi connectivity index (χ2v) is 2.57. The third-order valence-electron chi connectivity index (χ3n) is 1.52. The molecule has 1 atom stereocenters. The van der Waals surface area contributed by atoms with Gasteiger partial charge < -0.3 is 0 Å². The van der Waals surface area contributed by atoms with Crippen molar-refractivity contribution >= 4 is 0 Å². The Balaban J connectivity index is 5.74. The van der Waals surface area contributed by atoms with Gasteiger partial charge in [0, 0.05) is 0 Å². The molecule has 0 aliphatic rings. The van der Waals surface area contributed by atoms with E-state index in [2.05, 4.69) is 0 Å². The molecule has 1 unspecified atom stereocenters. The molecule has 0 heterocycles. The number of allylic oxidation sites excluding steroid dienone is 1. The van der Waals surface area contributed by atoms with Crippen LogP contribution in [0.2, 0.25) is 0 Å². The van der Waals surface area contributed by atoms with E-state index in [1.807, 2.05) is 0 Å². The Labute approximate surface area is 81.5 Å².